The number of aliphatic hydroxyl groups excluding tert-OH is 1. The molecule has 1 atom stereocenters. The Hall–Kier alpha value is -0.540. The van der Waals surface area contributed by atoms with Gasteiger partial charge in [0.25, 0.3) is 0 Å². The molecule has 0 radical (unpaired) electrons. The summed E-state index contributed by atoms with van der Waals surface area (Å²) in [6.45, 7) is 6.85. The van der Waals surface area contributed by atoms with Crippen LogP contribution in [0.15, 0.2) is 24.3 Å². The van der Waals surface area contributed by atoms with Crippen LogP contribution in [0.5, 0.6) is 5.75 Å². The molecule has 2 nitrogen and oxygen atoms in total. The number of rotatable bonds is 4. The second kappa shape index (κ2) is 5.69. The van der Waals surface area contributed by atoms with Gasteiger partial charge in [0.2, 0.25) is 0 Å². The maximum atomic E-state index is 9.33. The summed E-state index contributed by atoms with van der Waals surface area (Å²) in [7, 11) is 0. The van der Waals surface area contributed by atoms with Crippen LogP contribution < -0.4 is 4.74 Å². The van der Waals surface area contributed by atoms with Crippen LogP contribution in [0.4, 0.5) is 0 Å². The molecular weight excluding hydrogens is 268 g/mol. The van der Waals surface area contributed by atoms with Gasteiger partial charge in [-0.2, -0.15) is 0 Å². The fraction of sp³-hybridized carbons (Fsp3) is 0.538. The molecule has 0 aliphatic rings. The molecule has 1 rings (SSSR count). The fourth-order valence-electron chi connectivity index (χ4n) is 1.29. The molecule has 1 aromatic rings. The van der Waals surface area contributed by atoms with Gasteiger partial charge in [0, 0.05) is 5.33 Å². The highest BCUT2D eigenvalue weighted by molar-refractivity contribution is 9.09. The van der Waals surface area contributed by atoms with Crippen molar-refractivity contribution < 1.29 is 9.84 Å². The Morgan fingerprint density at radius 2 is 1.81 bits per heavy atom. The van der Waals surface area contributed by atoms with Crippen molar-refractivity contribution in [3.8, 4) is 5.75 Å². The van der Waals surface area contributed by atoms with Gasteiger partial charge >= 0.3 is 0 Å². The highest BCUT2D eigenvalue weighted by atomic mass is 79.9. The second-order valence-corrected chi connectivity index (χ2v) is 5.54. The van der Waals surface area contributed by atoms with Crippen LogP contribution >= 0.6 is 15.9 Å². The van der Waals surface area contributed by atoms with E-state index < -0.39 is 6.10 Å². The minimum Gasteiger partial charge on any atom is -0.491 e. The molecular formula is C13H19BrO2. The van der Waals surface area contributed by atoms with E-state index in [0.29, 0.717) is 11.9 Å². The zero-order valence-electron chi connectivity index (χ0n) is 10.0. The predicted octanol–water partition coefficient (Wildman–Crippen LogP) is 3.12. The van der Waals surface area contributed by atoms with Crippen molar-refractivity contribution in [3.05, 3.63) is 29.8 Å². The first-order chi connectivity index (χ1) is 7.43. The molecule has 1 unspecified atom stereocenters. The monoisotopic (exact) mass is 286 g/mol. The number of hydrogen-bond donors (Lipinski definition) is 1. The third-order valence-electron chi connectivity index (χ3n) is 2.34. The van der Waals surface area contributed by atoms with E-state index in [1.165, 1.54) is 5.56 Å². The van der Waals surface area contributed by atoms with Gasteiger partial charge in [-0.05, 0) is 23.1 Å². The minimum absolute atomic E-state index is 0.161. The molecule has 0 saturated carbocycles. The molecule has 0 aliphatic carbocycles. The van der Waals surface area contributed by atoms with E-state index in [2.05, 4.69) is 48.8 Å². The quantitative estimate of drug-likeness (QED) is 0.862. The van der Waals surface area contributed by atoms with Gasteiger partial charge < -0.3 is 9.84 Å². The summed E-state index contributed by atoms with van der Waals surface area (Å²) >= 11 is 3.20. The molecule has 0 fully saturated rings. The Bertz CT molecular complexity index is 314. The van der Waals surface area contributed by atoms with E-state index in [-0.39, 0.29) is 5.41 Å². The van der Waals surface area contributed by atoms with E-state index in [1.807, 2.05) is 12.1 Å². The molecule has 0 heterocycles. The Morgan fingerprint density at radius 1 is 1.25 bits per heavy atom. The lowest BCUT2D eigenvalue weighted by atomic mass is 9.87. The number of hydrogen-bond acceptors (Lipinski definition) is 2. The normalized spacial score (nSPS) is 13.6. The molecule has 0 amide bonds. The molecule has 1 N–H and O–H groups in total. The van der Waals surface area contributed by atoms with Crippen molar-refractivity contribution in [2.75, 3.05) is 11.9 Å². The average molecular weight is 287 g/mol. The Morgan fingerprint density at radius 3 is 2.25 bits per heavy atom. The summed E-state index contributed by atoms with van der Waals surface area (Å²) in [6, 6.07) is 8.02. The number of halogens is 1. The van der Waals surface area contributed by atoms with Crippen molar-refractivity contribution in [3.63, 3.8) is 0 Å². The molecule has 16 heavy (non-hydrogen) atoms. The van der Waals surface area contributed by atoms with Gasteiger partial charge in [-0.3, -0.25) is 0 Å². The van der Waals surface area contributed by atoms with Gasteiger partial charge in [-0.15, -0.1) is 0 Å². The standard InChI is InChI=1S/C13H19BrO2/c1-13(2,3)10-4-6-12(7-5-10)16-9-11(15)8-14/h4-7,11,15H,8-9H2,1-3H3. The Balaban J connectivity index is 2.58. The van der Waals surface area contributed by atoms with E-state index in [1.54, 1.807) is 0 Å². The highest BCUT2D eigenvalue weighted by Crippen LogP contribution is 2.24. The lowest BCUT2D eigenvalue weighted by molar-refractivity contribution is 0.127. The first kappa shape index (κ1) is 13.5. The van der Waals surface area contributed by atoms with Crippen LogP contribution in [-0.4, -0.2) is 23.1 Å². The fourth-order valence-corrected chi connectivity index (χ4v) is 1.48. The van der Waals surface area contributed by atoms with E-state index in [4.69, 9.17) is 4.74 Å². The molecule has 0 aromatic heterocycles. The topological polar surface area (TPSA) is 29.5 Å². The maximum absolute atomic E-state index is 9.33. The number of aliphatic hydroxyl groups is 1. The van der Waals surface area contributed by atoms with Crippen LogP contribution in [0.1, 0.15) is 26.3 Å². The summed E-state index contributed by atoms with van der Waals surface area (Å²) in [4.78, 5) is 0. The molecule has 0 aliphatic heterocycles. The molecule has 0 saturated heterocycles. The van der Waals surface area contributed by atoms with E-state index in [0.717, 1.165) is 5.75 Å². The third kappa shape index (κ3) is 4.14. The lowest BCUT2D eigenvalue weighted by Gasteiger charge is -2.19. The van der Waals surface area contributed by atoms with Crippen molar-refractivity contribution >= 4 is 15.9 Å². The summed E-state index contributed by atoms with van der Waals surface area (Å²) in [5.41, 5.74) is 1.44. The number of ether oxygens (including phenoxy) is 1. The largest absolute Gasteiger partial charge is 0.491 e. The van der Waals surface area contributed by atoms with Gasteiger partial charge in [-0.1, -0.05) is 48.8 Å². The Kier molecular flexibility index (Phi) is 4.81. The minimum atomic E-state index is -0.456. The van der Waals surface area contributed by atoms with Crippen molar-refractivity contribution in [1.82, 2.24) is 0 Å². The average Bonchev–Trinajstić information content (AvgIpc) is 2.25. The van der Waals surface area contributed by atoms with Crippen molar-refractivity contribution in [1.29, 1.82) is 0 Å². The summed E-state index contributed by atoms with van der Waals surface area (Å²) in [5.74, 6) is 0.799. The molecule has 0 spiro atoms. The van der Waals surface area contributed by atoms with Crippen LogP contribution in [0, 0.1) is 0 Å². The van der Waals surface area contributed by atoms with Gasteiger partial charge in [0.05, 0.1) is 6.10 Å². The first-order valence-corrected chi connectivity index (χ1v) is 6.53. The van der Waals surface area contributed by atoms with E-state index >= 15 is 0 Å². The molecule has 90 valence electrons. The molecule has 3 heteroatoms. The number of benzene rings is 1. The smallest absolute Gasteiger partial charge is 0.119 e. The maximum Gasteiger partial charge on any atom is 0.119 e. The van der Waals surface area contributed by atoms with Gasteiger partial charge in [0.1, 0.15) is 12.4 Å². The SMILES string of the molecule is CC(C)(C)c1ccc(OCC(O)CBr)cc1. The second-order valence-electron chi connectivity index (χ2n) is 4.89. The van der Waals surface area contributed by atoms with Crippen LogP contribution in [0.3, 0.4) is 0 Å². The summed E-state index contributed by atoms with van der Waals surface area (Å²) in [6.07, 6.45) is -0.456. The first-order valence-electron chi connectivity index (χ1n) is 5.41. The third-order valence-corrected chi connectivity index (χ3v) is 3.09. The summed E-state index contributed by atoms with van der Waals surface area (Å²) < 4.78 is 5.45. The molecule has 1 aromatic carbocycles. The van der Waals surface area contributed by atoms with Gasteiger partial charge in [-0.25, -0.2) is 0 Å². The van der Waals surface area contributed by atoms with Crippen molar-refractivity contribution in [2.45, 2.75) is 32.3 Å². The van der Waals surface area contributed by atoms with Crippen LogP contribution in [0.2, 0.25) is 0 Å². The van der Waals surface area contributed by atoms with Gasteiger partial charge in [0.15, 0.2) is 0 Å². The number of alkyl halides is 1. The lowest BCUT2D eigenvalue weighted by Crippen LogP contribution is -2.18. The van der Waals surface area contributed by atoms with Crippen LogP contribution in [-0.2, 0) is 5.41 Å². The Labute approximate surface area is 106 Å². The summed E-state index contributed by atoms with van der Waals surface area (Å²) in [5, 5.41) is 9.87. The van der Waals surface area contributed by atoms with Crippen LogP contribution in [0.25, 0.3) is 0 Å². The zero-order valence-corrected chi connectivity index (χ0v) is 11.6. The van der Waals surface area contributed by atoms with Crippen molar-refractivity contribution in [2.24, 2.45) is 0 Å². The van der Waals surface area contributed by atoms with E-state index in [9.17, 15) is 5.11 Å². The highest BCUT2D eigenvalue weighted by Gasteiger charge is 2.13. The molecule has 0 bridgehead atoms. The predicted molar refractivity (Wildman–Crippen MR) is 70.4 cm³/mol. The zero-order chi connectivity index (χ0) is 12.2.